The van der Waals surface area contributed by atoms with Gasteiger partial charge in [0.15, 0.2) is 0 Å². The molecule has 1 aromatic carbocycles. The first-order valence-corrected chi connectivity index (χ1v) is 6.49. The lowest BCUT2D eigenvalue weighted by Gasteiger charge is -1.97. The van der Waals surface area contributed by atoms with Gasteiger partial charge in [-0.2, -0.15) is 0 Å². The molecular formula is C13H13N3OS. The molecular weight excluding hydrogens is 246 g/mol. The maximum absolute atomic E-state index is 9.21. The first-order chi connectivity index (χ1) is 8.69. The van der Waals surface area contributed by atoms with Crippen LogP contribution in [0.3, 0.4) is 0 Å². The van der Waals surface area contributed by atoms with Gasteiger partial charge in [0.2, 0.25) is 0 Å². The van der Waals surface area contributed by atoms with Crippen molar-refractivity contribution in [2.75, 3.05) is 0 Å². The van der Waals surface area contributed by atoms with Gasteiger partial charge in [-0.3, -0.25) is 0 Å². The summed E-state index contributed by atoms with van der Waals surface area (Å²) in [4.78, 5) is 9.76. The summed E-state index contributed by atoms with van der Waals surface area (Å²) >= 11 is 1.53. The molecule has 0 aliphatic carbocycles. The van der Waals surface area contributed by atoms with E-state index >= 15 is 0 Å². The lowest BCUT2D eigenvalue weighted by atomic mass is 10.2. The maximum Gasteiger partial charge on any atom is 0.124 e. The maximum atomic E-state index is 9.21. The molecule has 3 aromatic rings. The summed E-state index contributed by atoms with van der Waals surface area (Å²) in [5.41, 5.74) is 4.02. The monoisotopic (exact) mass is 259 g/mol. The molecule has 4 nitrogen and oxygen atoms in total. The van der Waals surface area contributed by atoms with Crippen LogP contribution in [0.1, 0.15) is 10.6 Å². The minimum atomic E-state index is 0.0509. The molecule has 18 heavy (non-hydrogen) atoms. The highest BCUT2D eigenvalue weighted by Crippen LogP contribution is 2.29. The molecule has 0 aliphatic rings. The summed E-state index contributed by atoms with van der Waals surface area (Å²) < 4.78 is 1.99. The number of fused-ring (bicyclic) bond motifs is 1. The van der Waals surface area contributed by atoms with Crippen LogP contribution in [0.4, 0.5) is 0 Å². The van der Waals surface area contributed by atoms with E-state index in [1.165, 1.54) is 11.3 Å². The summed E-state index contributed by atoms with van der Waals surface area (Å²) in [5.74, 6) is 0. The number of hydrogen-bond acceptors (Lipinski definition) is 4. The molecule has 0 aliphatic heterocycles. The van der Waals surface area contributed by atoms with Crippen molar-refractivity contribution in [3.63, 3.8) is 0 Å². The molecule has 0 unspecified atom stereocenters. The zero-order valence-corrected chi connectivity index (χ0v) is 11.0. The van der Waals surface area contributed by atoms with Gasteiger partial charge in [-0.25, -0.2) is 9.97 Å². The van der Waals surface area contributed by atoms with Crippen molar-refractivity contribution < 1.29 is 5.11 Å². The van der Waals surface area contributed by atoms with Gasteiger partial charge in [0, 0.05) is 12.6 Å². The van der Waals surface area contributed by atoms with Gasteiger partial charge in [-0.05, 0) is 25.1 Å². The predicted molar refractivity (Wildman–Crippen MR) is 72.5 cm³/mol. The molecule has 92 valence electrons. The number of imidazole rings is 1. The third-order valence-corrected chi connectivity index (χ3v) is 4.20. The van der Waals surface area contributed by atoms with E-state index in [0.717, 1.165) is 32.2 Å². The van der Waals surface area contributed by atoms with Crippen LogP contribution >= 0.6 is 11.3 Å². The van der Waals surface area contributed by atoms with Gasteiger partial charge in [-0.1, -0.05) is 0 Å². The molecule has 2 heterocycles. The minimum Gasteiger partial charge on any atom is -0.391 e. The molecule has 0 saturated heterocycles. The number of hydrogen-bond donors (Lipinski definition) is 1. The number of benzene rings is 1. The van der Waals surface area contributed by atoms with Gasteiger partial charge in [-0.15, -0.1) is 11.3 Å². The average molecular weight is 259 g/mol. The summed E-state index contributed by atoms with van der Waals surface area (Å²) in [7, 11) is 1.98. The van der Waals surface area contributed by atoms with Crippen LogP contribution in [0.25, 0.3) is 21.6 Å². The Bertz CT molecular complexity index is 714. The molecule has 0 amide bonds. The molecule has 2 aromatic heterocycles. The van der Waals surface area contributed by atoms with Crippen molar-refractivity contribution in [1.82, 2.24) is 14.5 Å². The number of aliphatic hydroxyl groups excluding tert-OH is 1. The first-order valence-electron chi connectivity index (χ1n) is 5.67. The number of thiazole rings is 1. The number of rotatable bonds is 2. The van der Waals surface area contributed by atoms with E-state index in [1.807, 2.05) is 36.7 Å². The van der Waals surface area contributed by atoms with Crippen LogP contribution in [-0.2, 0) is 13.7 Å². The predicted octanol–water partition coefficient (Wildman–Crippen LogP) is 2.50. The van der Waals surface area contributed by atoms with Crippen molar-refractivity contribution in [2.45, 2.75) is 13.5 Å². The van der Waals surface area contributed by atoms with E-state index in [9.17, 15) is 5.11 Å². The van der Waals surface area contributed by atoms with Crippen LogP contribution in [0.15, 0.2) is 24.5 Å². The van der Waals surface area contributed by atoms with E-state index < -0.39 is 0 Å². The van der Waals surface area contributed by atoms with Crippen molar-refractivity contribution >= 4 is 22.4 Å². The molecule has 0 atom stereocenters. The van der Waals surface area contributed by atoms with Crippen molar-refractivity contribution in [3.8, 4) is 10.6 Å². The molecule has 0 spiro atoms. The Morgan fingerprint density at radius 2 is 2.22 bits per heavy atom. The van der Waals surface area contributed by atoms with Crippen LogP contribution < -0.4 is 0 Å². The Balaban J connectivity index is 2.12. The van der Waals surface area contributed by atoms with Crippen molar-refractivity contribution in [2.24, 2.45) is 7.05 Å². The van der Waals surface area contributed by atoms with Gasteiger partial charge in [0.25, 0.3) is 0 Å². The van der Waals surface area contributed by atoms with Crippen molar-refractivity contribution in [1.29, 1.82) is 0 Å². The van der Waals surface area contributed by atoms with E-state index in [0.29, 0.717) is 0 Å². The fourth-order valence-corrected chi connectivity index (χ4v) is 2.89. The highest BCUT2D eigenvalue weighted by Gasteiger charge is 2.10. The third-order valence-electron chi connectivity index (χ3n) is 3.01. The number of nitrogens with zero attached hydrogens (tertiary/aromatic N) is 3. The van der Waals surface area contributed by atoms with Crippen molar-refractivity contribution in [3.05, 3.63) is 35.1 Å². The molecule has 0 fully saturated rings. The van der Waals surface area contributed by atoms with Gasteiger partial charge in [0.1, 0.15) is 5.01 Å². The quantitative estimate of drug-likeness (QED) is 0.769. The van der Waals surface area contributed by atoms with Gasteiger partial charge in [0.05, 0.1) is 34.5 Å². The fourth-order valence-electron chi connectivity index (χ4n) is 1.97. The standard InChI is InChI=1S/C13H13N3OS/c1-8-12(6-17)18-13(15-8)9-3-4-11-10(5-9)14-7-16(11)2/h3-5,7,17H,6H2,1-2H3. The van der Waals surface area contributed by atoms with E-state index in [2.05, 4.69) is 9.97 Å². The number of aromatic nitrogens is 3. The highest BCUT2D eigenvalue weighted by molar-refractivity contribution is 7.15. The molecule has 0 bridgehead atoms. The van der Waals surface area contributed by atoms with Crippen LogP contribution in [0, 0.1) is 6.92 Å². The molecule has 5 heteroatoms. The number of aliphatic hydroxyl groups is 1. The lowest BCUT2D eigenvalue weighted by molar-refractivity contribution is 0.284. The zero-order chi connectivity index (χ0) is 12.7. The summed E-state index contributed by atoms with van der Waals surface area (Å²) in [6.07, 6.45) is 1.81. The third kappa shape index (κ3) is 1.72. The second-order valence-electron chi connectivity index (χ2n) is 4.24. The Kier molecular flexibility index (Phi) is 2.65. The largest absolute Gasteiger partial charge is 0.391 e. The minimum absolute atomic E-state index is 0.0509. The van der Waals surface area contributed by atoms with Crippen LogP contribution in [0.5, 0.6) is 0 Å². The fraction of sp³-hybridized carbons (Fsp3) is 0.231. The molecule has 1 N–H and O–H groups in total. The average Bonchev–Trinajstić information content (AvgIpc) is 2.93. The second-order valence-corrected chi connectivity index (χ2v) is 5.33. The zero-order valence-electron chi connectivity index (χ0n) is 10.2. The Labute approximate surface area is 109 Å². The van der Waals surface area contributed by atoms with Gasteiger partial charge >= 0.3 is 0 Å². The Morgan fingerprint density at radius 3 is 2.94 bits per heavy atom. The van der Waals surface area contributed by atoms with E-state index in [1.54, 1.807) is 6.33 Å². The van der Waals surface area contributed by atoms with E-state index in [-0.39, 0.29) is 6.61 Å². The molecule has 0 saturated carbocycles. The van der Waals surface area contributed by atoms with Crippen LogP contribution in [0.2, 0.25) is 0 Å². The first kappa shape index (κ1) is 11.4. The summed E-state index contributed by atoms with van der Waals surface area (Å²) in [6, 6.07) is 6.13. The Morgan fingerprint density at radius 1 is 1.39 bits per heavy atom. The molecule has 0 radical (unpaired) electrons. The second kappa shape index (κ2) is 4.19. The molecule has 3 rings (SSSR count). The summed E-state index contributed by atoms with van der Waals surface area (Å²) in [5, 5.41) is 10.1. The topological polar surface area (TPSA) is 50.9 Å². The van der Waals surface area contributed by atoms with E-state index in [4.69, 9.17) is 0 Å². The summed E-state index contributed by atoms with van der Waals surface area (Å²) in [6.45, 7) is 1.97. The normalized spacial score (nSPS) is 11.3. The van der Waals surface area contributed by atoms with Crippen LogP contribution in [-0.4, -0.2) is 19.6 Å². The number of aryl methyl sites for hydroxylation is 2. The smallest absolute Gasteiger partial charge is 0.124 e. The lowest BCUT2D eigenvalue weighted by Crippen LogP contribution is -1.84. The Hall–Kier alpha value is -1.72. The SMILES string of the molecule is Cc1nc(-c2ccc3c(c2)ncn3C)sc1CO. The highest BCUT2D eigenvalue weighted by atomic mass is 32.1. The van der Waals surface area contributed by atoms with Gasteiger partial charge < -0.3 is 9.67 Å².